The first-order valence-corrected chi connectivity index (χ1v) is 9.13. The van der Waals surface area contributed by atoms with Gasteiger partial charge in [0.25, 0.3) is 0 Å². The van der Waals surface area contributed by atoms with E-state index in [-0.39, 0.29) is 17.6 Å². The molecule has 3 aromatic rings. The molecule has 0 unspecified atom stereocenters. The lowest BCUT2D eigenvalue weighted by atomic mass is 10.1. The number of fused-ring (bicyclic) bond motifs is 1. The number of hydrogen-bond donors (Lipinski definition) is 2. The third-order valence-corrected chi connectivity index (χ3v) is 4.89. The number of amides is 1. The van der Waals surface area contributed by atoms with E-state index in [1.807, 2.05) is 6.92 Å². The van der Waals surface area contributed by atoms with Gasteiger partial charge in [-0.3, -0.25) is 4.79 Å². The number of hydrogen-bond acceptors (Lipinski definition) is 6. The predicted octanol–water partition coefficient (Wildman–Crippen LogP) is 3.07. The molecule has 1 aliphatic rings. The molecule has 1 fully saturated rings. The first-order chi connectivity index (χ1) is 15.2. The molecule has 3 aromatic heterocycles. The number of carbonyl (C=O) groups is 1. The maximum Gasteiger partial charge on any atom is 0.228 e. The van der Waals surface area contributed by atoms with E-state index in [0.717, 1.165) is 6.42 Å². The van der Waals surface area contributed by atoms with Gasteiger partial charge in [-0.15, -0.1) is 0 Å². The zero-order valence-corrected chi connectivity index (χ0v) is 16.0. The summed E-state index contributed by atoms with van der Waals surface area (Å²) in [4.78, 5) is 25.1. The number of nitrogens with one attached hydrogen (secondary N) is 2. The summed E-state index contributed by atoms with van der Waals surface area (Å²) < 4.78 is 27.6. The number of anilines is 2. The van der Waals surface area contributed by atoms with Gasteiger partial charge in [-0.25, -0.2) is 15.0 Å². The first kappa shape index (κ1) is 15.3. The van der Waals surface area contributed by atoms with E-state index in [2.05, 4.69) is 37.4 Å². The molecule has 7 nitrogen and oxygen atoms in total. The minimum atomic E-state index is -2.42. The van der Waals surface area contributed by atoms with E-state index in [0.29, 0.717) is 39.5 Å². The SMILES string of the molecule is [2H]C([2H])([2H])Nc1ncc(C#Cc2ccc(OC)cn2)c2cc(NC(=O)[C@H]3C[C@H]3C)ncc12. The fourth-order valence-corrected chi connectivity index (χ4v) is 3.02. The lowest BCUT2D eigenvalue weighted by molar-refractivity contribution is -0.117. The molecule has 0 aromatic carbocycles. The van der Waals surface area contributed by atoms with Gasteiger partial charge in [0.15, 0.2) is 0 Å². The summed E-state index contributed by atoms with van der Waals surface area (Å²) in [5.41, 5.74) is 1.08. The molecule has 1 saturated carbocycles. The number of methoxy groups -OCH3 is 1. The fourth-order valence-electron chi connectivity index (χ4n) is 3.02. The molecule has 0 bridgehead atoms. The molecular formula is C22H21N5O2. The molecule has 2 atom stereocenters. The Kier molecular flexibility index (Phi) is 4.09. The van der Waals surface area contributed by atoms with Crippen molar-refractivity contribution in [1.29, 1.82) is 0 Å². The Hall–Kier alpha value is -3.66. The summed E-state index contributed by atoms with van der Waals surface area (Å²) in [5, 5.41) is 6.34. The zero-order chi connectivity index (χ0) is 22.9. The molecule has 3 heterocycles. The summed E-state index contributed by atoms with van der Waals surface area (Å²) in [6.45, 7) is -0.396. The summed E-state index contributed by atoms with van der Waals surface area (Å²) >= 11 is 0. The van der Waals surface area contributed by atoms with Crippen LogP contribution in [0.4, 0.5) is 11.6 Å². The topological polar surface area (TPSA) is 89.0 Å². The summed E-state index contributed by atoms with van der Waals surface area (Å²) in [7, 11) is 1.56. The molecule has 29 heavy (non-hydrogen) atoms. The first-order valence-electron chi connectivity index (χ1n) is 10.6. The van der Waals surface area contributed by atoms with Crippen LogP contribution in [0.1, 0.15) is 28.7 Å². The van der Waals surface area contributed by atoms with Gasteiger partial charge in [-0.2, -0.15) is 0 Å². The van der Waals surface area contributed by atoms with Crippen LogP contribution in [0.2, 0.25) is 0 Å². The Bertz CT molecular complexity index is 1230. The molecule has 2 N–H and O–H groups in total. The third kappa shape index (κ3) is 3.97. The van der Waals surface area contributed by atoms with Crippen LogP contribution in [0.15, 0.2) is 36.8 Å². The van der Waals surface area contributed by atoms with Gasteiger partial charge >= 0.3 is 0 Å². The average molecular weight is 390 g/mol. The highest BCUT2D eigenvalue weighted by Crippen LogP contribution is 2.38. The number of aromatic nitrogens is 3. The van der Waals surface area contributed by atoms with Crippen molar-refractivity contribution >= 4 is 28.3 Å². The molecule has 0 radical (unpaired) electrons. The molecule has 0 spiro atoms. The maximum atomic E-state index is 12.3. The Balaban J connectivity index is 1.73. The monoisotopic (exact) mass is 390 g/mol. The number of ether oxygens (including phenoxy) is 1. The normalized spacial score (nSPS) is 19.2. The largest absolute Gasteiger partial charge is 0.495 e. The molecule has 1 amide bonds. The standard InChI is InChI=1S/C22H21N5O2/c1-13-8-17(13)22(28)27-20-9-18-14(10-26-21(23-2)19(18)12-25-20)4-5-15-6-7-16(29-3)11-24-15/h6-7,9-13,17H,8H2,1-3H3,(H,23,26)(H,25,27,28)/t13-,17+/m1/s1/i2D3. The maximum absolute atomic E-state index is 12.3. The molecule has 7 heteroatoms. The number of pyridine rings is 3. The van der Waals surface area contributed by atoms with Crippen LogP contribution < -0.4 is 15.4 Å². The second-order valence-electron chi connectivity index (χ2n) is 6.90. The van der Waals surface area contributed by atoms with Gasteiger partial charge in [0.05, 0.1) is 18.9 Å². The molecule has 4 rings (SSSR count). The highest BCUT2D eigenvalue weighted by atomic mass is 16.5. The molecule has 146 valence electrons. The average Bonchev–Trinajstić information content (AvgIpc) is 3.49. The molecule has 0 saturated heterocycles. The number of rotatable bonds is 4. The second kappa shape index (κ2) is 7.76. The van der Waals surface area contributed by atoms with Crippen molar-refractivity contribution in [1.82, 2.24) is 15.0 Å². The van der Waals surface area contributed by atoms with Crippen molar-refractivity contribution in [2.45, 2.75) is 13.3 Å². The van der Waals surface area contributed by atoms with Crippen molar-refractivity contribution in [2.24, 2.45) is 11.8 Å². The minimum Gasteiger partial charge on any atom is -0.495 e. The highest BCUT2D eigenvalue weighted by Gasteiger charge is 2.39. The van der Waals surface area contributed by atoms with Crippen LogP contribution in [0.5, 0.6) is 5.75 Å². The van der Waals surface area contributed by atoms with Gasteiger partial charge in [-0.05, 0) is 36.5 Å². The summed E-state index contributed by atoms with van der Waals surface area (Å²) in [5.74, 6) is 7.45. The smallest absolute Gasteiger partial charge is 0.228 e. The van der Waals surface area contributed by atoms with Gasteiger partial charge in [0.2, 0.25) is 5.91 Å². The van der Waals surface area contributed by atoms with Crippen molar-refractivity contribution in [3.05, 3.63) is 48.0 Å². The zero-order valence-electron chi connectivity index (χ0n) is 19.0. The van der Waals surface area contributed by atoms with E-state index >= 15 is 0 Å². The van der Waals surface area contributed by atoms with Crippen LogP contribution in [-0.2, 0) is 4.79 Å². The van der Waals surface area contributed by atoms with E-state index in [9.17, 15) is 4.79 Å². The molecule has 1 aliphatic carbocycles. The van der Waals surface area contributed by atoms with Gasteiger partial charge < -0.3 is 15.4 Å². The van der Waals surface area contributed by atoms with Gasteiger partial charge in [0.1, 0.15) is 23.1 Å². The summed E-state index contributed by atoms with van der Waals surface area (Å²) in [6.07, 6.45) is 5.41. The molecular weight excluding hydrogens is 366 g/mol. The van der Waals surface area contributed by atoms with Crippen molar-refractivity contribution in [2.75, 3.05) is 24.7 Å². The Morgan fingerprint density at radius 3 is 2.76 bits per heavy atom. The van der Waals surface area contributed by atoms with Crippen molar-refractivity contribution in [3.8, 4) is 17.6 Å². The van der Waals surface area contributed by atoms with Crippen molar-refractivity contribution in [3.63, 3.8) is 0 Å². The van der Waals surface area contributed by atoms with E-state index in [4.69, 9.17) is 8.85 Å². The van der Waals surface area contributed by atoms with E-state index in [1.54, 1.807) is 31.5 Å². The predicted molar refractivity (Wildman–Crippen MR) is 112 cm³/mol. The summed E-state index contributed by atoms with van der Waals surface area (Å²) in [6, 6.07) is 5.17. The minimum absolute atomic E-state index is 0.00173. The quantitative estimate of drug-likeness (QED) is 0.666. The van der Waals surface area contributed by atoms with Crippen LogP contribution in [0.3, 0.4) is 0 Å². The Morgan fingerprint density at radius 1 is 1.21 bits per heavy atom. The van der Waals surface area contributed by atoms with Crippen LogP contribution in [0.25, 0.3) is 10.8 Å². The van der Waals surface area contributed by atoms with Crippen molar-refractivity contribution < 1.29 is 13.6 Å². The van der Waals surface area contributed by atoms with Crippen LogP contribution in [0, 0.1) is 23.7 Å². The van der Waals surface area contributed by atoms with Gasteiger partial charge in [0, 0.05) is 40.2 Å². The highest BCUT2D eigenvalue weighted by molar-refractivity contribution is 5.99. The Morgan fingerprint density at radius 2 is 2.07 bits per heavy atom. The lowest BCUT2D eigenvalue weighted by Crippen LogP contribution is -2.15. The third-order valence-electron chi connectivity index (χ3n) is 4.89. The van der Waals surface area contributed by atoms with Crippen LogP contribution in [-0.4, -0.2) is 34.9 Å². The lowest BCUT2D eigenvalue weighted by Gasteiger charge is -2.09. The Labute approximate surface area is 173 Å². The number of nitrogens with zero attached hydrogens (tertiary/aromatic N) is 3. The number of carbonyl (C=O) groups excluding carboxylic acids is 1. The molecule has 0 aliphatic heterocycles. The van der Waals surface area contributed by atoms with E-state index in [1.165, 1.54) is 12.4 Å². The van der Waals surface area contributed by atoms with Crippen LogP contribution >= 0.6 is 0 Å². The van der Waals surface area contributed by atoms with Gasteiger partial charge in [-0.1, -0.05) is 12.8 Å². The fraction of sp³-hybridized carbons (Fsp3) is 0.273. The second-order valence-corrected chi connectivity index (χ2v) is 6.90. The van der Waals surface area contributed by atoms with E-state index < -0.39 is 6.98 Å².